The fourth-order valence-corrected chi connectivity index (χ4v) is 2.12. The van der Waals surface area contributed by atoms with E-state index in [9.17, 15) is 0 Å². The van der Waals surface area contributed by atoms with Crippen molar-refractivity contribution in [3.8, 4) is 17.5 Å². The zero-order valence-corrected chi connectivity index (χ0v) is 12.2. The number of ether oxygens (including phenoxy) is 1. The van der Waals surface area contributed by atoms with Crippen LogP contribution >= 0.6 is 11.6 Å². The molecule has 0 spiro atoms. The summed E-state index contributed by atoms with van der Waals surface area (Å²) in [5.74, 6) is 0.509. The van der Waals surface area contributed by atoms with Crippen LogP contribution in [0.4, 0.5) is 0 Å². The minimum absolute atomic E-state index is 0.248. The van der Waals surface area contributed by atoms with E-state index in [-0.39, 0.29) is 6.61 Å². The van der Waals surface area contributed by atoms with Crippen LogP contribution in [0.3, 0.4) is 0 Å². The maximum Gasteiger partial charge on any atom is 0.138 e. The molecular formula is C16H11ClN4O. The third-order valence-electron chi connectivity index (χ3n) is 2.96. The van der Waals surface area contributed by atoms with Gasteiger partial charge in [0.1, 0.15) is 18.1 Å². The van der Waals surface area contributed by atoms with Crippen molar-refractivity contribution in [3.63, 3.8) is 0 Å². The van der Waals surface area contributed by atoms with Crippen LogP contribution in [-0.2, 0) is 6.61 Å². The monoisotopic (exact) mass is 310 g/mol. The quantitative estimate of drug-likeness (QED) is 0.741. The van der Waals surface area contributed by atoms with E-state index in [0.29, 0.717) is 22.0 Å². The van der Waals surface area contributed by atoms with Crippen molar-refractivity contribution >= 4 is 11.6 Å². The molecule has 0 saturated heterocycles. The molecule has 0 aliphatic carbocycles. The van der Waals surface area contributed by atoms with Crippen LogP contribution in [-0.4, -0.2) is 15.0 Å². The molecule has 1 aromatic heterocycles. The second kappa shape index (κ2) is 6.29. The lowest BCUT2D eigenvalue weighted by Crippen LogP contribution is -2.01. The molecule has 0 aliphatic rings. The van der Waals surface area contributed by atoms with E-state index >= 15 is 0 Å². The maximum atomic E-state index is 8.80. The molecular weight excluding hydrogens is 300 g/mol. The molecule has 0 atom stereocenters. The van der Waals surface area contributed by atoms with E-state index in [0.717, 1.165) is 5.69 Å². The van der Waals surface area contributed by atoms with E-state index in [4.69, 9.17) is 21.6 Å². The first-order chi connectivity index (χ1) is 10.8. The number of halogens is 1. The van der Waals surface area contributed by atoms with Crippen molar-refractivity contribution in [1.82, 2.24) is 15.0 Å². The fourth-order valence-electron chi connectivity index (χ4n) is 1.89. The molecule has 6 heteroatoms. The molecule has 0 fully saturated rings. The first-order valence-corrected chi connectivity index (χ1v) is 6.93. The summed E-state index contributed by atoms with van der Waals surface area (Å²) >= 11 is 6.06. The smallest absolute Gasteiger partial charge is 0.138 e. The van der Waals surface area contributed by atoms with Gasteiger partial charge in [-0.05, 0) is 30.3 Å². The van der Waals surface area contributed by atoms with Gasteiger partial charge in [0, 0.05) is 0 Å². The van der Waals surface area contributed by atoms with Crippen molar-refractivity contribution in [2.24, 2.45) is 0 Å². The van der Waals surface area contributed by atoms with E-state index in [1.165, 1.54) is 0 Å². The van der Waals surface area contributed by atoms with Crippen molar-refractivity contribution in [1.29, 1.82) is 5.26 Å². The van der Waals surface area contributed by atoms with Crippen molar-refractivity contribution in [2.75, 3.05) is 0 Å². The highest BCUT2D eigenvalue weighted by Crippen LogP contribution is 2.25. The van der Waals surface area contributed by atoms with Crippen LogP contribution in [0.1, 0.15) is 11.3 Å². The first-order valence-electron chi connectivity index (χ1n) is 6.55. The standard InChI is InChI=1S/C16H11ClN4O/c17-15-8-12(9-18)6-7-16(15)22-11-13-10-19-21(20-13)14-4-2-1-3-5-14/h1-8,10H,11H2. The third-order valence-corrected chi connectivity index (χ3v) is 3.26. The zero-order chi connectivity index (χ0) is 15.4. The minimum Gasteiger partial charge on any atom is -0.486 e. The van der Waals surface area contributed by atoms with Gasteiger partial charge in [-0.3, -0.25) is 0 Å². The Bertz CT molecular complexity index is 824. The molecule has 3 aromatic rings. The van der Waals surface area contributed by atoms with Gasteiger partial charge in [0.05, 0.1) is 28.5 Å². The molecule has 0 saturated carbocycles. The second-order valence-corrected chi connectivity index (χ2v) is 4.91. The lowest BCUT2D eigenvalue weighted by Gasteiger charge is -2.06. The Morgan fingerprint density at radius 3 is 2.73 bits per heavy atom. The average molecular weight is 311 g/mol. The molecule has 5 nitrogen and oxygen atoms in total. The summed E-state index contributed by atoms with van der Waals surface area (Å²) in [5.41, 5.74) is 2.06. The van der Waals surface area contributed by atoms with E-state index in [1.807, 2.05) is 36.4 Å². The third kappa shape index (κ3) is 3.08. The van der Waals surface area contributed by atoms with Gasteiger partial charge >= 0.3 is 0 Å². The van der Waals surface area contributed by atoms with E-state index < -0.39 is 0 Å². The molecule has 3 rings (SSSR count). The Balaban J connectivity index is 1.70. The van der Waals surface area contributed by atoms with Crippen LogP contribution in [0.5, 0.6) is 5.75 Å². The second-order valence-electron chi connectivity index (χ2n) is 4.51. The number of hydrogen-bond donors (Lipinski definition) is 0. The number of hydrogen-bond acceptors (Lipinski definition) is 4. The molecule has 0 bridgehead atoms. The van der Waals surface area contributed by atoms with Gasteiger partial charge in [0.25, 0.3) is 0 Å². The fraction of sp³-hybridized carbons (Fsp3) is 0.0625. The highest BCUT2D eigenvalue weighted by molar-refractivity contribution is 6.32. The van der Waals surface area contributed by atoms with E-state index in [1.54, 1.807) is 29.2 Å². The van der Waals surface area contributed by atoms with Gasteiger partial charge in [-0.25, -0.2) is 0 Å². The summed E-state index contributed by atoms with van der Waals surface area (Å²) in [7, 11) is 0. The summed E-state index contributed by atoms with van der Waals surface area (Å²) in [6.45, 7) is 0.248. The van der Waals surface area contributed by atoms with E-state index in [2.05, 4.69) is 10.2 Å². The average Bonchev–Trinajstić information content (AvgIpc) is 3.03. The number of aromatic nitrogens is 3. The zero-order valence-electron chi connectivity index (χ0n) is 11.5. The summed E-state index contributed by atoms with van der Waals surface area (Å²) in [5, 5.41) is 17.7. The normalized spacial score (nSPS) is 10.2. The van der Waals surface area contributed by atoms with Gasteiger partial charge in [0.15, 0.2) is 0 Å². The van der Waals surface area contributed by atoms with Crippen LogP contribution < -0.4 is 4.74 Å². The highest BCUT2D eigenvalue weighted by atomic mass is 35.5. The molecule has 0 radical (unpaired) electrons. The van der Waals surface area contributed by atoms with Crippen molar-refractivity contribution in [3.05, 3.63) is 71.0 Å². The summed E-state index contributed by atoms with van der Waals surface area (Å²) in [4.78, 5) is 1.54. The Morgan fingerprint density at radius 2 is 2.00 bits per heavy atom. The number of rotatable bonds is 4. The first kappa shape index (κ1) is 14.1. The molecule has 0 unspecified atom stereocenters. The predicted molar refractivity (Wildman–Crippen MR) is 81.9 cm³/mol. The largest absolute Gasteiger partial charge is 0.486 e. The van der Waals surface area contributed by atoms with Crippen molar-refractivity contribution < 1.29 is 4.74 Å². The molecule has 0 amide bonds. The molecule has 1 heterocycles. The molecule has 22 heavy (non-hydrogen) atoms. The van der Waals surface area contributed by atoms with Gasteiger partial charge < -0.3 is 4.74 Å². The highest BCUT2D eigenvalue weighted by Gasteiger charge is 2.06. The number of para-hydroxylation sites is 1. The SMILES string of the molecule is N#Cc1ccc(OCc2cnn(-c3ccccc3)n2)c(Cl)c1. The maximum absolute atomic E-state index is 8.80. The number of nitrogens with zero attached hydrogens (tertiary/aromatic N) is 4. The van der Waals surface area contributed by atoms with Crippen LogP contribution in [0, 0.1) is 11.3 Å². The predicted octanol–water partition coefficient (Wildman–Crippen LogP) is 3.37. The molecule has 0 N–H and O–H groups in total. The van der Waals surface area contributed by atoms with Crippen LogP contribution in [0.2, 0.25) is 5.02 Å². The Morgan fingerprint density at radius 1 is 1.18 bits per heavy atom. The topological polar surface area (TPSA) is 63.7 Å². The van der Waals surface area contributed by atoms with Gasteiger partial charge in [-0.15, -0.1) is 5.10 Å². The summed E-state index contributed by atoms with van der Waals surface area (Å²) in [6, 6.07) is 16.5. The van der Waals surface area contributed by atoms with Gasteiger partial charge in [-0.2, -0.15) is 15.2 Å². The Hall–Kier alpha value is -2.84. The molecule has 108 valence electrons. The van der Waals surface area contributed by atoms with Crippen molar-refractivity contribution in [2.45, 2.75) is 6.61 Å². The number of nitriles is 1. The number of benzene rings is 2. The lowest BCUT2D eigenvalue weighted by atomic mass is 10.2. The minimum atomic E-state index is 0.248. The summed E-state index contributed by atoms with van der Waals surface area (Å²) in [6.07, 6.45) is 1.64. The summed E-state index contributed by atoms with van der Waals surface area (Å²) < 4.78 is 5.61. The Labute approximate surface area is 132 Å². The lowest BCUT2D eigenvalue weighted by molar-refractivity contribution is 0.300. The van der Waals surface area contributed by atoms with Gasteiger partial charge in [-0.1, -0.05) is 29.8 Å². The molecule has 0 aliphatic heterocycles. The van der Waals surface area contributed by atoms with Crippen LogP contribution in [0.25, 0.3) is 5.69 Å². The van der Waals surface area contributed by atoms with Crippen LogP contribution in [0.15, 0.2) is 54.7 Å². The molecule has 2 aromatic carbocycles. The van der Waals surface area contributed by atoms with Gasteiger partial charge in [0.2, 0.25) is 0 Å². The Kier molecular flexibility index (Phi) is 4.03.